The van der Waals surface area contributed by atoms with Gasteiger partial charge in [-0.05, 0) is 35.0 Å². The van der Waals surface area contributed by atoms with E-state index in [1.54, 1.807) is 6.92 Å². The number of fused-ring (bicyclic) bond motifs is 1. The Labute approximate surface area is 92.6 Å². The molecule has 5 heteroatoms. The van der Waals surface area contributed by atoms with Crippen molar-refractivity contribution in [3.63, 3.8) is 0 Å². The van der Waals surface area contributed by atoms with Crippen LogP contribution in [0.25, 0.3) is 11.0 Å². The van der Waals surface area contributed by atoms with E-state index in [0.717, 1.165) is 0 Å². The molecule has 0 bridgehead atoms. The van der Waals surface area contributed by atoms with Crippen molar-refractivity contribution in [3.05, 3.63) is 33.7 Å². The van der Waals surface area contributed by atoms with Gasteiger partial charge in [-0.25, -0.2) is 9.18 Å². The van der Waals surface area contributed by atoms with E-state index < -0.39 is 11.8 Å². The molecular formula is C10H6BrFO3. The maximum absolute atomic E-state index is 13.1. The maximum Gasteiger partial charge on any atom is 0.372 e. The first-order chi connectivity index (χ1) is 7.00. The molecule has 0 aliphatic rings. The van der Waals surface area contributed by atoms with Crippen molar-refractivity contribution >= 4 is 32.9 Å². The minimum atomic E-state index is -1.16. The van der Waals surface area contributed by atoms with E-state index in [1.807, 2.05) is 0 Å². The molecule has 2 aromatic rings. The van der Waals surface area contributed by atoms with Crippen molar-refractivity contribution in [1.82, 2.24) is 0 Å². The van der Waals surface area contributed by atoms with Crippen LogP contribution in [-0.2, 0) is 0 Å². The molecule has 1 heterocycles. The summed E-state index contributed by atoms with van der Waals surface area (Å²) < 4.78 is 18.6. The lowest BCUT2D eigenvalue weighted by atomic mass is 10.1. The number of furan rings is 1. The summed E-state index contributed by atoms with van der Waals surface area (Å²) in [6.45, 7) is 1.58. The van der Waals surface area contributed by atoms with Gasteiger partial charge in [0.1, 0.15) is 11.4 Å². The third-order valence-electron chi connectivity index (χ3n) is 2.15. The minimum Gasteiger partial charge on any atom is -0.475 e. The molecule has 0 spiro atoms. The van der Waals surface area contributed by atoms with E-state index in [-0.39, 0.29) is 5.76 Å². The van der Waals surface area contributed by atoms with Crippen LogP contribution in [0.2, 0.25) is 0 Å². The maximum atomic E-state index is 13.1. The zero-order chi connectivity index (χ0) is 11.2. The number of aromatic carboxylic acids is 1. The monoisotopic (exact) mass is 272 g/mol. The van der Waals surface area contributed by atoms with Crippen molar-refractivity contribution in [1.29, 1.82) is 0 Å². The molecular weight excluding hydrogens is 267 g/mol. The van der Waals surface area contributed by atoms with Crippen LogP contribution in [-0.4, -0.2) is 11.1 Å². The largest absolute Gasteiger partial charge is 0.475 e. The highest BCUT2D eigenvalue weighted by Crippen LogP contribution is 2.31. The summed E-state index contributed by atoms with van der Waals surface area (Å²) in [5.41, 5.74) is 0.781. The van der Waals surface area contributed by atoms with Gasteiger partial charge in [0.15, 0.2) is 0 Å². The Morgan fingerprint density at radius 3 is 2.80 bits per heavy atom. The number of carboxylic acid groups (broad SMARTS) is 1. The smallest absolute Gasteiger partial charge is 0.372 e. The van der Waals surface area contributed by atoms with Crippen LogP contribution in [0.3, 0.4) is 0 Å². The lowest BCUT2D eigenvalue weighted by Crippen LogP contribution is -1.95. The van der Waals surface area contributed by atoms with Crippen molar-refractivity contribution in [2.45, 2.75) is 6.92 Å². The lowest BCUT2D eigenvalue weighted by Gasteiger charge is -1.93. The zero-order valence-electron chi connectivity index (χ0n) is 7.67. The van der Waals surface area contributed by atoms with Crippen LogP contribution >= 0.6 is 15.9 Å². The van der Waals surface area contributed by atoms with E-state index in [4.69, 9.17) is 9.52 Å². The Balaban J connectivity index is 2.88. The molecule has 0 saturated heterocycles. The summed E-state index contributed by atoms with van der Waals surface area (Å²) in [5.74, 6) is -1.75. The SMILES string of the molecule is Cc1c(C(=O)O)oc2c(Br)cc(F)cc12. The molecule has 0 saturated carbocycles. The molecule has 0 aliphatic carbocycles. The van der Waals surface area contributed by atoms with Gasteiger partial charge in [0.2, 0.25) is 5.76 Å². The van der Waals surface area contributed by atoms with E-state index in [0.29, 0.717) is 21.0 Å². The van der Waals surface area contributed by atoms with Crippen molar-refractivity contribution in [2.75, 3.05) is 0 Å². The van der Waals surface area contributed by atoms with Gasteiger partial charge < -0.3 is 9.52 Å². The number of rotatable bonds is 1. The Morgan fingerprint density at radius 1 is 1.53 bits per heavy atom. The molecule has 15 heavy (non-hydrogen) atoms. The molecule has 78 valence electrons. The van der Waals surface area contributed by atoms with Gasteiger partial charge in [0.25, 0.3) is 0 Å². The molecule has 1 N–H and O–H groups in total. The second-order valence-electron chi connectivity index (χ2n) is 3.13. The van der Waals surface area contributed by atoms with E-state index in [2.05, 4.69) is 15.9 Å². The fourth-order valence-corrected chi connectivity index (χ4v) is 1.96. The predicted molar refractivity (Wildman–Crippen MR) is 55.6 cm³/mol. The molecule has 0 radical (unpaired) electrons. The fourth-order valence-electron chi connectivity index (χ4n) is 1.45. The standard InChI is InChI=1S/C10H6BrFO3/c1-4-6-2-5(12)3-7(11)9(6)15-8(4)10(13)14/h2-3H,1H3,(H,13,14). The fraction of sp³-hybridized carbons (Fsp3) is 0.100. The number of halogens is 2. The molecule has 3 nitrogen and oxygen atoms in total. The third-order valence-corrected chi connectivity index (χ3v) is 2.74. The van der Waals surface area contributed by atoms with Gasteiger partial charge in [-0.2, -0.15) is 0 Å². The Morgan fingerprint density at radius 2 is 2.20 bits per heavy atom. The zero-order valence-corrected chi connectivity index (χ0v) is 9.26. The molecule has 0 unspecified atom stereocenters. The second-order valence-corrected chi connectivity index (χ2v) is 3.98. The van der Waals surface area contributed by atoms with Crippen LogP contribution in [0.5, 0.6) is 0 Å². The average molecular weight is 273 g/mol. The number of benzene rings is 1. The number of hydrogen-bond acceptors (Lipinski definition) is 2. The summed E-state index contributed by atoms with van der Waals surface area (Å²) in [6, 6.07) is 2.49. The molecule has 1 aromatic carbocycles. The van der Waals surface area contributed by atoms with Crippen molar-refractivity contribution in [2.24, 2.45) is 0 Å². The normalized spacial score (nSPS) is 10.9. The molecule has 2 rings (SSSR count). The van der Waals surface area contributed by atoms with Crippen LogP contribution in [0.1, 0.15) is 16.1 Å². The van der Waals surface area contributed by atoms with E-state index >= 15 is 0 Å². The van der Waals surface area contributed by atoms with Crippen LogP contribution < -0.4 is 0 Å². The number of carbonyl (C=O) groups is 1. The summed E-state index contributed by atoms with van der Waals surface area (Å²) in [5, 5.41) is 9.30. The second kappa shape index (κ2) is 3.34. The Bertz CT molecular complexity index is 559. The quantitative estimate of drug-likeness (QED) is 0.866. The lowest BCUT2D eigenvalue weighted by molar-refractivity contribution is 0.0664. The molecule has 0 aliphatic heterocycles. The first-order valence-electron chi connectivity index (χ1n) is 4.12. The van der Waals surface area contributed by atoms with Gasteiger partial charge >= 0.3 is 5.97 Å². The number of hydrogen-bond donors (Lipinski definition) is 1. The molecule has 1 aromatic heterocycles. The molecule has 0 atom stereocenters. The number of aryl methyl sites for hydroxylation is 1. The summed E-state index contributed by atoms with van der Waals surface area (Å²) in [4.78, 5) is 10.8. The Hall–Kier alpha value is -1.36. The summed E-state index contributed by atoms with van der Waals surface area (Å²) >= 11 is 3.12. The highest BCUT2D eigenvalue weighted by atomic mass is 79.9. The predicted octanol–water partition coefficient (Wildman–Crippen LogP) is 3.34. The van der Waals surface area contributed by atoms with Crippen molar-refractivity contribution < 1.29 is 18.7 Å². The molecule has 0 amide bonds. The summed E-state index contributed by atoms with van der Waals surface area (Å²) in [6.07, 6.45) is 0. The average Bonchev–Trinajstić information content (AvgIpc) is 2.44. The van der Waals surface area contributed by atoms with Crippen molar-refractivity contribution in [3.8, 4) is 0 Å². The van der Waals surface area contributed by atoms with Crippen LogP contribution in [0, 0.1) is 12.7 Å². The van der Waals surface area contributed by atoms with Crippen LogP contribution in [0.15, 0.2) is 21.0 Å². The highest BCUT2D eigenvalue weighted by Gasteiger charge is 2.18. The first kappa shape index (κ1) is 10.2. The minimum absolute atomic E-state index is 0.156. The van der Waals surface area contributed by atoms with E-state index in [9.17, 15) is 9.18 Å². The first-order valence-corrected chi connectivity index (χ1v) is 4.91. The van der Waals surface area contributed by atoms with Gasteiger partial charge in [0, 0.05) is 10.9 Å². The highest BCUT2D eigenvalue weighted by molar-refractivity contribution is 9.10. The van der Waals surface area contributed by atoms with E-state index in [1.165, 1.54) is 12.1 Å². The van der Waals surface area contributed by atoms with Gasteiger partial charge in [-0.3, -0.25) is 0 Å². The topological polar surface area (TPSA) is 50.4 Å². The summed E-state index contributed by atoms with van der Waals surface area (Å²) in [7, 11) is 0. The van der Waals surface area contributed by atoms with Crippen LogP contribution in [0.4, 0.5) is 4.39 Å². The van der Waals surface area contributed by atoms with Gasteiger partial charge in [-0.15, -0.1) is 0 Å². The van der Waals surface area contributed by atoms with Gasteiger partial charge in [-0.1, -0.05) is 0 Å². The number of carboxylic acids is 1. The third kappa shape index (κ3) is 1.52. The Kier molecular flexibility index (Phi) is 2.26. The van der Waals surface area contributed by atoms with Gasteiger partial charge in [0.05, 0.1) is 4.47 Å². The molecule has 0 fully saturated rings.